The number of pyridine rings is 1. The molecular weight excluding hydrogens is 448 g/mol. The van der Waals surface area contributed by atoms with Crippen LogP contribution in [0.1, 0.15) is 12.5 Å². The van der Waals surface area contributed by atoms with Crippen LogP contribution in [0.25, 0.3) is 39.5 Å². The summed E-state index contributed by atoms with van der Waals surface area (Å²) < 4.78 is 3.77. The minimum absolute atomic E-state index is 0.177. The zero-order chi connectivity index (χ0) is 23.1. The normalized spacial score (nSPS) is 15.7. The predicted octanol–water partition coefficient (Wildman–Crippen LogP) is 4.50. The number of halogens is 1. The first-order valence-electron chi connectivity index (χ1n) is 11.2. The van der Waals surface area contributed by atoms with Gasteiger partial charge in [-0.25, -0.2) is 19.5 Å². The fourth-order valence-corrected chi connectivity index (χ4v) is 4.63. The van der Waals surface area contributed by atoms with Crippen LogP contribution in [0.2, 0.25) is 5.02 Å². The molecule has 1 aliphatic heterocycles. The third-order valence-electron chi connectivity index (χ3n) is 6.21. The van der Waals surface area contributed by atoms with E-state index in [1.807, 2.05) is 54.9 Å². The van der Waals surface area contributed by atoms with Crippen LogP contribution in [-0.2, 0) is 0 Å². The Morgan fingerprint density at radius 3 is 2.47 bits per heavy atom. The molecule has 0 aliphatic carbocycles. The van der Waals surface area contributed by atoms with E-state index in [-0.39, 0.29) is 5.56 Å². The highest BCUT2D eigenvalue weighted by Gasteiger charge is 2.20. The Morgan fingerprint density at radius 2 is 1.74 bits per heavy atom. The van der Waals surface area contributed by atoms with Crippen LogP contribution in [0, 0.1) is 0 Å². The second kappa shape index (κ2) is 8.52. The van der Waals surface area contributed by atoms with E-state index in [9.17, 15) is 4.79 Å². The number of imidazole rings is 1. The number of rotatable bonds is 4. The van der Waals surface area contributed by atoms with E-state index < -0.39 is 0 Å². The minimum atomic E-state index is -0.177. The van der Waals surface area contributed by atoms with E-state index in [4.69, 9.17) is 16.6 Å². The third kappa shape index (κ3) is 3.59. The molecule has 7 nitrogen and oxygen atoms in total. The van der Waals surface area contributed by atoms with Crippen LogP contribution in [0.3, 0.4) is 0 Å². The molecule has 6 rings (SSSR count). The maximum absolute atomic E-state index is 13.5. The number of aromatic nitrogens is 5. The van der Waals surface area contributed by atoms with Crippen molar-refractivity contribution in [3.05, 3.63) is 94.6 Å². The molecule has 1 N–H and O–H groups in total. The number of nitrogens with one attached hydrogen (secondary N) is 1. The van der Waals surface area contributed by atoms with Gasteiger partial charge in [-0.1, -0.05) is 48.0 Å². The fraction of sp³-hybridized carbons (Fsp3) is 0.154. The van der Waals surface area contributed by atoms with Gasteiger partial charge in [-0.2, -0.15) is 0 Å². The van der Waals surface area contributed by atoms with Crippen molar-refractivity contribution in [3.8, 4) is 28.6 Å². The van der Waals surface area contributed by atoms with Gasteiger partial charge < -0.3 is 9.88 Å². The largest absolute Gasteiger partial charge is 0.327 e. The van der Waals surface area contributed by atoms with Crippen LogP contribution in [0.5, 0.6) is 0 Å². The molecule has 1 aliphatic rings. The van der Waals surface area contributed by atoms with Gasteiger partial charge in [0, 0.05) is 42.3 Å². The summed E-state index contributed by atoms with van der Waals surface area (Å²) in [5, 5.41) is 4.45. The molecule has 4 heterocycles. The second-order valence-electron chi connectivity index (χ2n) is 8.31. The number of fused-ring (bicyclic) bond motifs is 1. The molecular formula is C26H21ClN6O. The summed E-state index contributed by atoms with van der Waals surface area (Å²) in [5.41, 5.74) is 2.29. The van der Waals surface area contributed by atoms with Crippen molar-refractivity contribution < 1.29 is 0 Å². The lowest BCUT2D eigenvalue weighted by molar-refractivity contribution is 0.552. The van der Waals surface area contributed by atoms with Crippen molar-refractivity contribution in [2.24, 2.45) is 0 Å². The Kier molecular flexibility index (Phi) is 5.20. The SMILES string of the molecule is O=c1c2ccccc2nc(-c2ccc(-c3nccn3C3CCNC3)cc2)n1-c1ccc(Cl)cn1. The van der Waals surface area contributed by atoms with E-state index in [2.05, 4.69) is 19.9 Å². The van der Waals surface area contributed by atoms with Gasteiger partial charge in [-0.3, -0.25) is 4.79 Å². The molecule has 3 aromatic heterocycles. The first-order valence-corrected chi connectivity index (χ1v) is 11.5. The molecule has 0 saturated carbocycles. The lowest BCUT2D eigenvalue weighted by atomic mass is 10.1. The fourth-order valence-electron chi connectivity index (χ4n) is 4.52. The van der Waals surface area contributed by atoms with Crippen LogP contribution in [0.4, 0.5) is 0 Å². The Morgan fingerprint density at radius 1 is 0.941 bits per heavy atom. The molecule has 0 amide bonds. The Labute approximate surface area is 200 Å². The van der Waals surface area contributed by atoms with Gasteiger partial charge in [0.25, 0.3) is 5.56 Å². The van der Waals surface area contributed by atoms with Crippen LogP contribution < -0.4 is 10.9 Å². The van der Waals surface area contributed by atoms with Crippen molar-refractivity contribution in [1.82, 2.24) is 29.4 Å². The standard InChI is InChI=1S/C26H21ClN6O/c27-19-9-10-23(30-15-19)33-25(31-22-4-2-1-3-21(22)26(33)34)18-7-5-17(6-8-18)24-29-13-14-32(24)20-11-12-28-16-20/h1-10,13-15,20,28H,11-12,16H2. The summed E-state index contributed by atoms with van der Waals surface area (Å²) >= 11 is 6.04. The van der Waals surface area contributed by atoms with Gasteiger partial charge in [0.05, 0.1) is 15.9 Å². The Bertz CT molecular complexity index is 1530. The number of hydrogen-bond donors (Lipinski definition) is 1. The molecule has 168 valence electrons. The molecule has 2 aromatic carbocycles. The van der Waals surface area contributed by atoms with E-state index >= 15 is 0 Å². The minimum Gasteiger partial charge on any atom is -0.327 e. The molecule has 0 bridgehead atoms. The third-order valence-corrected chi connectivity index (χ3v) is 6.44. The van der Waals surface area contributed by atoms with Crippen molar-refractivity contribution >= 4 is 22.5 Å². The summed E-state index contributed by atoms with van der Waals surface area (Å²) in [7, 11) is 0. The highest BCUT2D eigenvalue weighted by atomic mass is 35.5. The van der Waals surface area contributed by atoms with E-state index in [0.717, 1.165) is 36.5 Å². The average molecular weight is 469 g/mol. The molecule has 34 heavy (non-hydrogen) atoms. The monoisotopic (exact) mass is 468 g/mol. The maximum Gasteiger partial charge on any atom is 0.267 e. The van der Waals surface area contributed by atoms with Gasteiger partial charge in [0.1, 0.15) is 17.5 Å². The zero-order valence-corrected chi connectivity index (χ0v) is 19.0. The Balaban J connectivity index is 1.48. The number of hydrogen-bond acceptors (Lipinski definition) is 5. The summed E-state index contributed by atoms with van der Waals surface area (Å²) in [4.78, 5) is 27.3. The molecule has 1 atom stereocenters. The number of nitrogens with zero attached hydrogens (tertiary/aromatic N) is 5. The van der Waals surface area contributed by atoms with Crippen LogP contribution in [-0.4, -0.2) is 37.2 Å². The van der Waals surface area contributed by atoms with Crippen LogP contribution in [0.15, 0.2) is 84.0 Å². The smallest absolute Gasteiger partial charge is 0.267 e. The van der Waals surface area contributed by atoms with Gasteiger partial charge in [0.2, 0.25) is 0 Å². The van der Waals surface area contributed by atoms with Crippen molar-refractivity contribution in [3.63, 3.8) is 0 Å². The molecule has 1 saturated heterocycles. The summed E-state index contributed by atoms with van der Waals surface area (Å²) in [5.74, 6) is 1.92. The highest BCUT2D eigenvalue weighted by molar-refractivity contribution is 6.30. The summed E-state index contributed by atoms with van der Waals surface area (Å²) in [6, 6.07) is 19.2. The molecule has 1 fully saturated rings. The van der Waals surface area contributed by atoms with Crippen molar-refractivity contribution in [2.45, 2.75) is 12.5 Å². The molecule has 8 heteroatoms. The van der Waals surface area contributed by atoms with Crippen molar-refractivity contribution in [2.75, 3.05) is 13.1 Å². The zero-order valence-electron chi connectivity index (χ0n) is 18.2. The number of para-hydroxylation sites is 1. The molecule has 0 spiro atoms. The van der Waals surface area contributed by atoms with Gasteiger partial charge >= 0.3 is 0 Å². The first kappa shape index (κ1) is 20.8. The quantitative estimate of drug-likeness (QED) is 0.420. The van der Waals surface area contributed by atoms with Gasteiger partial charge in [0.15, 0.2) is 0 Å². The van der Waals surface area contributed by atoms with Crippen LogP contribution >= 0.6 is 11.6 Å². The molecule has 1 unspecified atom stereocenters. The predicted molar refractivity (Wildman–Crippen MR) is 133 cm³/mol. The molecule has 0 radical (unpaired) electrons. The lowest BCUT2D eigenvalue weighted by Crippen LogP contribution is -2.22. The summed E-state index contributed by atoms with van der Waals surface area (Å²) in [6.07, 6.45) is 6.50. The second-order valence-corrected chi connectivity index (χ2v) is 8.75. The van der Waals surface area contributed by atoms with Gasteiger partial charge in [-0.05, 0) is 37.2 Å². The summed E-state index contributed by atoms with van der Waals surface area (Å²) in [6.45, 7) is 1.97. The topological polar surface area (TPSA) is 77.6 Å². The van der Waals surface area contributed by atoms with E-state index in [1.54, 1.807) is 22.8 Å². The average Bonchev–Trinajstić information content (AvgIpc) is 3.57. The van der Waals surface area contributed by atoms with Gasteiger partial charge in [-0.15, -0.1) is 0 Å². The maximum atomic E-state index is 13.5. The molecule has 5 aromatic rings. The van der Waals surface area contributed by atoms with E-state index in [1.165, 1.54) is 6.20 Å². The first-order chi connectivity index (χ1) is 16.7. The number of benzene rings is 2. The highest BCUT2D eigenvalue weighted by Crippen LogP contribution is 2.28. The Hall–Kier alpha value is -3.81. The van der Waals surface area contributed by atoms with Crippen molar-refractivity contribution in [1.29, 1.82) is 0 Å². The van der Waals surface area contributed by atoms with E-state index in [0.29, 0.717) is 33.6 Å². The lowest BCUT2D eigenvalue weighted by Gasteiger charge is -2.15.